The van der Waals surface area contributed by atoms with Gasteiger partial charge in [0.25, 0.3) is 0 Å². The van der Waals surface area contributed by atoms with Crippen molar-refractivity contribution in [1.29, 1.82) is 0 Å². The predicted octanol–water partition coefficient (Wildman–Crippen LogP) is 5.11. The molecule has 2 aliphatic rings. The second-order valence-electron chi connectivity index (χ2n) is 12.4. The predicted molar refractivity (Wildman–Crippen MR) is 173 cm³/mol. The van der Waals surface area contributed by atoms with Crippen LogP contribution in [-0.2, 0) is 9.53 Å². The number of anilines is 2. The minimum absolute atomic E-state index is 0.135. The average Bonchev–Trinajstić information content (AvgIpc) is 3.70. The standard InChI is InChI=1S/C34H36F3N7O5/c1-3-48-31(47)22-6-4-21(5-7-22)23-8-9-24(26(16-23)44-13-10-20(2)42-44)29(34(35,36)37)49-28-17-27(40-32(38)41-28)43-14-11-33(12-15-43)18-25(30(45)46)39-19-33/h4-10,13,16-17,25,29,39H,3,11-12,14-15,18-19H2,1-2H3,(H,45,46)(H2,38,40,41)/t25-,29+/m0/s1. The van der Waals surface area contributed by atoms with Crippen molar-refractivity contribution in [2.45, 2.75) is 51.4 Å². The number of piperidine rings is 1. The lowest BCUT2D eigenvalue weighted by molar-refractivity contribution is -0.198. The summed E-state index contributed by atoms with van der Waals surface area (Å²) >= 11 is 0. The van der Waals surface area contributed by atoms with Crippen molar-refractivity contribution < 1.29 is 37.3 Å². The summed E-state index contributed by atoms with van der Waals surface area (Å²) in [5, 5.41) is 16.9. The molecule has 0 unspecified atom stereocenters. The number of rotatable bonds is 9. The van der Waals surface area contributed by atoms with Crippen molar-refractivity contribution in [3.63, 3.8) is 0 Å². The Kier molecular flexibility index (Phi) is 9.20. The molecule has 2 fully saturated rings. The Morgan fingerprint density at radius 2 is 1.80 bits per heavy atom. The van der Waals surface area contributed by atoms with Crippen LogP contribution in [-0.4, -0.2) is 75.3 Å². The first-order chi connectivity index (χ1) is 23.3. The van der Waals surface area contributed by atoms with E-state index in [9.17, 15) is 27.9 Å². The van der Waals surface area contributed by atoms with Crippen molar-refractivity contribution in [1.82, 2.24) is 25.1 Å². The number of aromatic nitrogens is 4. The zero-order valence-corrected chi connectivity index (χ0v) is 26.9. The van der Waals surface area contributed by atoms with Crippen LogP contribution >= 0.6 is 0 Å². The van der Waals surface area contributed by atoms with Crippen LogP contribution in [0.4, 0.5) is 24.9 Å². The van der Waals surface area contributed by atoms with E-state index in [1.165, 1.54) is 16.8 Å². The quantitative estimate of drug-likeness (QED) is 0.202. The number of hydrogen-bond acceptors (Lipinski definition) is 10. The van der Waals surface area contributed by atoms with Crippen molar-refractivity contribution in [3.8, 4) is 22.7 Å². The van der Waals surface area contributed by atoms with Crippen LogP contribution in [0.15, 0.2) is 60.8 Å². The van der Waals surface area contributed by atoms with Gasteiger partial charge in [0, 0.05) is 37.5 Å². The van der Waals surface area contributed by atoms with Gasteiger partial charge in [0.05, 0.1) is 23.6 Å². The van der Waals surface area contributed by atoms with Crippen LogP contribution in [0.1, 0.15) is 53.9 Å². The van der Waals surface area contributed by atoms with Crippen molar-refractivity contribution in [3.05, 3.63) is 77.6 Å². The summed E-state index contributed by atoms with van der Waals surface area (Å²) in [4.78, 5) is 33.8. The zero-order valence-electron chi connectivity index (χ0n) is 26.9. The maximum Gasteiger partial charge on any atom is 0.429 e. The summed E-state index contributed by atoms with van der Waals surface area (Å²) in [6.07, 6.45) is -3.87. The molecule has 0 amide bonds. The molecular formula is C34H36F3N7O5. The number of halogens is 3. The van der Waals surface area contributed by atoms with E-state index < -0.39 is 30.3 Å². The molecule has 12 nitrogen and oxygen atoms in total. The van der Waals surface area contributed by atoms with Gasteiger partial charge in [-0.05, 0) is 73.9 Å². The van der Waals surface area contributed by atoms with E-state index in [-0.39, 0.29) is 35.1 Å². The second-order valence-corrected chi connectivity index (χ2v) is 12.4. The van der Waals surface area contributed by atoms with E-state index in [0.717, 1.165) is 0 Å². The lowest BCUT2D eigenvalue weighted by Gasteiger charge is -2.39. The largest absolute Gasteiger partial charge is 0.480 e. The number of aliphatic carboxylic acids is 1. The second kappa shape index (κ2) is 13.4. The molecule has 1 spiro atoms. The van der Waals surface area contributed by atoms with Gasteiger partial charge >= 0.3 is 18.1 Å². The lowest BCUT2D eigenvalue weighted by Crippen LogP contribution is -2.41. The van der Waals surface area contributed by atoms with Crippen molar-refractivity contribution >= 4 is 23.7 Å². The topological polar surface area (TPSA) is 158 Å². The van der Waals surface area contributed by atoms with Gasteiger partial charge < -0.3 is 30.5 Å². The molecule has 258 valence electrons. The number of aryl methyl sites for hydroxylation is 1. The van der Waals surface area contributed by atoms with Crippen LogP contribution in [0, 0.1) is 12.3 Å². The Morgan fingerprint density at radius 1 is 1.08 bits per heavy atom. The van der Waals surface area contributed by atoms with E-state index in [2.05, 4.69) is 20.4 Å². The number of carboxylic acids is 1. The van der Waals surface area contributed by atoms with Crippen LogP contribution in [0.2, 0.25) is 0 Å². The summed E-state index contributed by atoms with van der Waals surface area (Å²) in [7, 11) is 0. The van der Waals surface area contributed by atoms with Gasteiger partial charge in [0.15, 0.2) is 0 Å². The molecule has 0 saturated carbocycles. The van der Waals surface area contributed by atoms with E-state index >= 15 is 0 Å². The summed E-state index contributed by atoms with van der Waals surface area (Å²) in [5.74, 6) is -1.62. The first kappa shape index (κ1) is 33.7. The van der Waals surface area contributed by atoms with Gasteiger partial charge in [-0.1, -0.05) is 24.3 Å². The number of nitrogen functional groups attached to an aromatic ring is 1. The third-order valence-corrected chi connectivity index (χ3v) is 9.06. The minimum atomic E-state index is -4.87. The highest BCUT2D eigenvalue weighted by Crippen LogP contribution is 2.43. The molecule has 2 aliphatic heterocycles. The number of carbonyl (C=O) groups is 2. The molecule has 4 N–H and O–H groups in total. The Balaban J connectivity index is 1.29. The Morgan fingerprint density at radius 3 is 2.41 bits per heavy atom. The summed E-state index contributed by atoms with van der Waals surface area (Å²) in [6.45, 7) is 5.28. The highest BCUT2D eigenvalue weighted by atomic mass is 19.4. The number of nitrogens with zero attached hydrogens (tertiary/aromatic N) is 5. The fraction of sp³-hybridized carbons (Fsp3) is 0.382. The smallest absolute Gasteiger partial charge is 0.429 e. The molecule has 2 saturated heterocycles. The summed E-state index contributed by atoms with van der Waals surface area (Å²) in [6, 6.07) is 13.5. The number of nitrogens with two attached hydrogens (primary N) is 1. The molecular weight excluding hydrogens is 643 g/mol. The molecule has 15 heteroatoms. The first-order valence-electron chi connectivity index (χ1n) is 15.9. The molecule has 2 aromatic carbocycles. The minimum Gasteiger partial charge on any atom is -0.480 e. The van der Waals surface area contributed by atoms with Gasteiger partial charge in [-0.15, -0.1) is 0 Å². The molecule has 4 aromatic rings. The average molecular weight is 680 g/mol. The molecule has 0 radical (unpaired) electrons. The number of alkyl halides is 3. The van der Waals surface area contributed by atoms with E-state index in [1.54, 1.807) is 62.5 Å². The number of hydrogen-bond donors (Lipinski definition) is 3. The normalized spacial score (nSPS) is 18.0. The summed E-state index contributed by atoms with van der Waals surface area (Å²) < 4.78 is 56.7. The SMILES string of the molecule is CCOC(=O)c1ccc(-c2ccc([C@@H](Oc3cc(N4CCC5(CC4)CN[C@H](C(=O)O)C5)nc(N)n3)C(F)(F)F)c(-n3ccc(C)n3)c2)cc1. The van der Waals surface area contributed by atoms with Crippen LogP contribution in [0.5, 0.6) is 5.88 Å². The van der Waals surface area contributed by atoms with E-state index in [0.29, 0.717) is 67.1 Å². The fourth-order valence-electron chi connectivity index (χ4n) is 6.47. The number of esters is 1. The Bertz CT molecular complexity index is 1840. The van der Waals surface area contributed by atoms with E-state index in [1.807, 2.05) is 4.90 Å². The number of carboxylic acid groups (broad SMARTS) is 1. The molecule has 49 heavy (non-hydrogen) atoms. The molecule has 2 atom stereocenters. The first-order valence-corrected chi connectivity index (χ1v) is 15.9. The number of ether oxygens (including phenoxy) is 2. The van der Waals surface area contributed by atoms with Crippen LogP contribution in [0.3, 0.4) is 0 Å². The Labute approximate surface area is 280 Å². The maximum atomic E-state index is 14.9. The Hall–Kier alpha value is -5.18. The zero-order chi connectivity index (χ0) is 34.9. The highest BCUT2D eigenvalue weighted by molar-refractivity contribution is 5.90. The van der Waals surface area contributed by atoms with E-state index in [4.69, 9.17) is 15.2 Å². The van der Waals surface area contributed by atoms with Gasteiger partial charge in [0.2, 0.25) is 17.9 Å². The van der Waals surface area contributed by atoms with Crippen LogP contribution < -0.4 is 20.7 Å². The molecule has 6 rings (SSSR count). The highest BCUT2D eigenvalue weighted by Gasteiger charge is 2.46. The van der Waals surface area contributed by atoms with Gasteiger partial charge in [-0.2, -0.15) is 28.2 Å². The van der Waals surface area contributed by atoms with Gasteiger partial charge in [0.1, 0.15) is 11.9 Å². The maximum absolute atomic E-state index is 14.9. The number of benzene rings is 2. The fourth-order valence-corrected chi connectivity index (χ4v) is 6.47. The van der Waals surface area contributed by atoms with Gasteiger partial charge in [-0.25, -0.2) is 9.48 Å². The number of carbonyl (C=O) groups excluding carboxylic acids is 1. The third kappa shape index (κ3) is 7.31. The molecule has 0 bridgehead atoms. The molecule has 2 aromatic heterocycles. The molecule has 4 heterocycles. The van der Waals surface area contributed by atoms with Crippen molar-refractivity contribution in [2.75, 3.05) is 36.9 Å². The lowest BCUT2D eigenvalue weighted by atomic mass is 9.76. The monoisotopic (exact) mass is 679 g/mol. The van der Waals surface area contributed by atoms with Gasteiger partial charge in [-0.3, -0.25) is 4.79 Å². The molecule has 0 aliphatic carbocycles. The van der Waals surface area contributed by atoms with Crippen molar-refractivity contribution in [2.24, 2.45) is 5.41 Å². The third-order valence-electron chi connectivity index (χ3n) is 9.06. The summed E-state index contributed by atoms with van der Waals surface area (Å²) in [5.41, 5.74) is 7.95. The van der Waals surface area contributed by atoms with Crippen LogP contribution in [0.25, 0.3) is 16.8 Å². The number of nitrogens with one attached hydrogen (secondary N) is 1.